The molecule has 3 N–H and O–H groups in total. The van der Waals surface area contributed by atoms with Gasteiger partial charge in [-0.1, -0.05) is 0 Å². The normalized spacial score (nSPS) is 49.2. The highest BCUT2D eigenvalue weighted by Gasteiger charge is 2.35. The lowest BCUT2D eigenvalue weighted by atomic mass is 10.1. The largest absolute Gasteiger partial charge is 0.388 e. The van der Waals surface area contributed by atoms with Crippen molar-refractivity contribution in [2.45, 2.75) is 23.7 Å². The summed E-state index contributed by atoms with van der Waals surface area (Å²) in [6.07, 6.45) is -3.25. The standard InChI is InChI=1S/C5H10O4S/c6-2-1-9-5(10)4(8)3(2)7/h2-8,10H,1H2/t2-,3-,4+,5-/m0/s1. The third-order valence-corrected chi connectivity index (χ3v) is 1.93. The molecule has 0 unspecified atom stereocenters. The Hall–Kier alpha value is 0.190. The van der Waals surface area contributed by atoms with Crippen molar-refractivity contribution in [3.05, 3.63) is 0 Å². The van der Waals surface area contributed by atoms with Crippen LogP contribution in [0.5, 0.6) is 0 Å². The van der Waals surface area contributed by atoms with Crippen LogP contribution < -0.4 is 0 Å². The third kappa shape index (κ3) is 1.43. The maximum absolute atomic E-state index is 9.01. The maximum atomic E-state index is 9.01. The maximum Gasteiger partial charge on any atom is 0.129 e. The SMILES string of the molecule is O[C@@H]1[C@@H](O)[C@@H](O)CO[C@H]1S. The highest BCUT2D eigenvalue weighted by Crippen LogP contribution is 2.17. The van der Waals surface area contributed by atoms with Gasteiger partial charge in [0.2, 0.25) is 0 Å². The smallest absolute Gasteiger partial charge is 0.129 e. The van der Waals surface area contributed by atoms with E-state index in [2.05, 4.69) is 12.6 Å². The fourth-order valence-electron chi connectivity index (χ4n) is 0.791. The van der Waals surface area contributed by atoms with Crippen molar-refractivity contribution < 1.29 is 20.1 Å². The van der Waals surface area contributed by atoms with Gasteiger partial charge in [0.25, 0.3) is 0 Å². The van der Waals surface area contributed by atoms with Gasteiger partial charge in [-0.25, -0.2) is 0 Å². The van der Waals surface area contributed by atoms with Crippen LogP contribution >= 0.6 is 12.6 Å². The number of hydrogen-bond acceptors (Lipinski definition) is 5. The number of rotatable bonds is 0. The van der Waals surface area contributed by atoms with Gasteiger partial charge in [0.1, 0.15) is 23.7 Å². The van der Waals surface area contributed by atoms with E-state index in [4.69, 9.17) is 20.1 Å². The molecule has 4 nitrogen and oxygen atoms in total. The van der Waals surface area contributed by atoms with Crippen LogP contribution in [0.3, 0.4) is 0 Å². The summed E-state index contributed by atoms with van der Waals surface area (Å²) in [6.45, 7) is 0.0202. The number of aliphatic hydroxyl groups is 3. The van der Waals surface area contributed by atoms with Gasteiger partial charge in [0, 0.05) is 0 Å². The molecule has 4 atom stereocenters. The van der Waals surface area contributed by atoms with Crippen molar-refractivity contribution in [2.75, 3.05) is 6.61 Å². The van der Waals surface area contributed by atoms with E-state index >= 15 is 0 Å². The molecule has 1 rings (SSSR count). The van der Waals surface area contributed by atoms with Gasteiger partial charge in [-0.2, -0.15) is 0 Å². The van der Waals surface area contributed by atoms with E-state index in [-0.39, 0.29) is 6.61 Å². The Kier molecular flexibility index (Phi) is 2.54. The molecular weight excluding hydrogens is 156 g/mol. The third-order valence-electron chi connectivity index (χ3n) is 1.47. The van der Waals surface area contributed by atoms with Crippen LogP contribution in [0.4, 0.5) is 0 Å². The zero-order valence-corrected chi connectivity index (χ0v) is 6.11. The Morgan fingerprint density at radius 3 is 2.30 bits per heavy atom. The second-order valence-electron chi connectivity index (χ2n) is 2.27. The molecule has 0 radical (unpaired) electrons. The molecule has 0 aromatic rings. The number of thiol groups is 1. The first kappa shape index (κ1) is 8.29. The molecule has 0 saturated carbocycles. The lowest BCUT2D eigenvalue weighted by molar-refractivity contribution is -0.160. The summed E-state index contributed by atoms with van der Waals surface area (Å²) < 4.78 is 4.78. The number of ether oxygens (including phenoxy) is 1. The fraction of sp³-hybridized carbons (Fsp3) is 1.00. The summed E-state index contributed by atoms with van der Waals surface area (Å²) in [4.78, 5) is 0. The first-order chi connectivity index (χ1) is 4.63. The molecule has 1 heterocycles. The van der Waals surface area contributed by atoms with E-state index in [0.29, 0.717) is 0 Å². The van der Waals surface area contributed by atoms with Gasteiger partial charge in [-0.3, -0.25) is 0 Å². The first-order valence-corrected chi connectivity index (χ1v) is 3.48. The van der Waals surface area contributed by atoms with Crippen molar-refractivity contribution in [1.29, 1.82) is 0 Å². The summed E-state index contributed by atoms with van der Waals surface area (Å²) in [5.41, 5.74) is -0.696. The van der Waals surface area contributed by atoms with Crippen LogP contribution in [0.25, 0.3) is 0 Å². The number of aliphatic hydroxyl groups excluding tert-OH is 3. The molecular formula is C5H10O4S. The number of hydrogen-bond donors (Lipinski definition) is 4. The summed E-state index contributed by atoms with van der Waals surface area (Å²) in [7, 11) is 0. The van der Waals surface area contributed by atoms with Crippen molar-refractivity contribution >= 4 is 12.6 Å². The predicted molar refractivity (Wildman–Crippen MR) is 36.7 cm³/mol. The molecule has 0 spiro atoms. The summed E-state index contributed by atoms with van der Waals surface area (Å²) in [5.74, 6) is 0. The summed E-state index contributed by atoms with van der Waals surface area (Å²) >= 11 is 3.81. The Morgan fingerprint density at radius 1 is 1.20 bits per heavy atom. The lowest BCUT2D eigenvalue weighted by Gasteiger charge is -2.32. The zero-order valence-electron chi connectivity index (χ0n) is 5.21. The van der Waals surface area contributed by atoms with Gasteiger partial charge >= 0.3 is 0 Å². The van der Waals surface area contributed by atoms with Gasteiger partial charge in [-0.05, 0) is 0 Å². The highest BCUT2D eigenvalue weighted by molar-refractivity contribution is 7.80. The molecule has 0 aromatic carbocycles. The Labute approximate surface area is 63.8 Å². The average Bonchev–Trinajstić information content (AvgIpc) is 1.93. The highest BCUT2D eigenvalue weighted by atomic mass is 32.1. The lowest BCUT2D eigenvalue weighted by Crippen LogP contribution is -2.50. The van der Waals surface area contributed by atoms with E-state index in [1.807, 2.05) is 0 Å². The summed E-state index contributed by atoms with van der Waals surface area (Å²) in [6, 6.07) is 0. The Balaban J connectivity index is 2.52. The van der Waals surface area contributed by atoms with Crippen LogP contribution in [0, 0.1) is 0 Å². The molecule has 1 fully saturated rings. The Bertz CT molecular complexity index is 106. The minimum Gasteiger partial charge on any atom is -0.388 e. The summed E-state index contributed by atoms with van der Waals surface area (Å²) in [5, 5.41) is 26.9. The molecule has 0 bridgehead atoms. The van der Waals surface area contributed by atoms with E-state index < -0.39 is 23.7 Å². The quantitative estimate of drug-likeness (QED) is 0.326. The first-order valence-electron chi connectivity index (χ1n) is 2.97. The van der Waals surface area contributed by atoms with Gasteiger partial charge in [0.05, 0.1) is 6.61 Å². The molecule has 0 aliphatic carbocycles. The van der Waals surface area contributed by atoms with Crippen LogP contribution in [0.1, 0.15) is 0 Å². The van der Waals surface area contributed by atoms with Crippen LogP contribution in [0.15, 0.2) is 0 Å². The van der Waals surface area contributed by atoms with Crippen LogP contribution in [-0.2, 0) is 4.74 Å². The van der Waals surface area contributed by atoms with E-state index in [9.17, 15) is 0 Å². The van der Waals surface area contributed by atoms with Crippen molar-refractivity contribution in [3.63, 3.8) is 0 Å². The van der Waals surface area contributed by atoms with E-state index in [1.54, 1.807) is 0 Å². The topological polar surface area (TPSA) is 69.9 Å². The second kappa shape index (κ2) is 3.06. The zero-order chi connectivity index (χ0) is 7.72. The second-order valence-corrected chi connectivity index (χ2v) is 2.78. The van der Waals surface area contributed by atoms with Crippen molar-refractivity contribution in [1.82, 2.24) is 0 Å². The van der Waals surface area contributed by atoms with E-state index in [1.165, 1.54) is 0 Å². The van der Waals surface area contributed by atoms with Gasteiger partial charge < -0.3 is 20.1 Å². The van der Waals surface area contributed by atoms with Crippen LogP contribution in [0.2, 0.25) is 0 Å². The minimum atomic E-state index is -1.14. The van der Waals surface area contributed by atoms with E-state index in [0.717, 1.165) is 0 Å². The van der Waals surface area contributed by atoms with Crippen molar-refractivity contribution in [2.24, 2.45) is 0 Å². The average molecular weight is 166 g/mol. The minimum absolute atomic E-state index is 0.0202. The molecule has 0 aromatic heterocycles. The van der Waals surface area contributed by atoms with Crippen LogP contribution in [-0.4, -0.2) is 45.7 Å². The predicted octanol–water partition coefficient (Wildman–Crippen LogP) is -1.64. The monoisotopic (exact) mass is 166 g/mol. The van der Waals surface area contributed by atoms with Crippen molar-refractivity contribution in [3.8, 4) is 0 Å². The molecule has 60 valence electrons. The molecule has 1 aliphatic heterocycles. The van der Waals surface area contributed by atoms with Gasteiger partial charge in [0.15, 0.2) is 0 Å². The molecule has 1 saturated heterocycles. The van der Waals surface area contributed by atoms with Gasteiger partial charge in [-0.15, -0.1) is 12.6 Å². The molecule has 1 aliphatic rings. The molecule has 0 amide bonds. The Morgan fingerprint density at radius 2 is 1.80 bits per heavy atom. The fourth-order valence-corrected chi connectivity index (χ4v) is 1.05. The molecule has 10 heavy (non-hydrogen) atoms. The molecule has 5 heteroatoms.